The Morgan fingerprint density at radius 3 is 1.44 bits per heavy atom. The molecule has 1 rings (SSSR count). The lowest BCUT2D eigenvalue weighted by Gasteiger charge is -2.28. The molecular formula is C12H24O2S2. The van der Waals surface area contributed by atoms with Gasteiger partial charge in [-0.25, -0.2) is 0 Å². The van der Waals surface area contributed by atoms with Crippen LogP contribution in [-0.2, 0) is 0 Å². The van der Waals surface area contributed by atoms with E-state index in [0.717, 1.165) is 23.3 Å². The smallest absolute Gasteiger partial charge is 0.0521 e. The highest BCUT2D eigenvalue weighted by molar-refractivity contribution is 7.99. The topological polar surface area (TPSA) is 40.5 Å². The molecule has 0 bridgehead atoms. The van der Waals surface area contributed by atoms with Gasteiger partial charge in [0.2, 0.25) is 0 Å². The summed E-state index contributed by atoms with van der Waals surface area (Å²) in [7, 11) is 0. The van der Waals surface area contributed by atoms with E-state index in [2.05, 4.69) is 0 Å². The maximum Gasteiger partial charge on any atom is 0.0521 e. The number of aliphatic hydroxyl groups is 2. The van der Waals surface area contributed by atoms with E-state index >= 15 is 0 Å². The first-order valence-corrected chi connectivity index (χ1v) is 8.55. The van der Waals surface area contributed by atoms with Crippen LogP contribution >= 0.6 is 23.5 Å². The second kappa shape index (κ2) is 9.63. The van der Waals surface area contributed by atoms with Crippen molar-refractivity contribution in [3.63, 3.8) is 0 Å². The molecule has 1 saturated carbocycles. The minimum Gasteiger partial charge on any atom is -0.396 e. The van der Waals surface area contributed by atoms with Gasteiger partial charge < -0.3 is 10.2 Å². The van der Waals surface area contributed by atoms with Crippen LogP contribution in [0, 0.1) is 11.8 Å². The van der Waals surface area contributed by atoms with Crippen LogP contribution in [-0.4, -0.2) is 46.4 Å². The first kappa shape index (κ1) is 14.7. The maximum absolute atomic E-state index is 8.71. The van der Waals surface area contributed by atoms with Crippen molar-refractivity contribution in [1.29, 1.82) is 0 Å². The van der Waals surface area contributed by atoms with Gasteiger partial charge in [-0.1, -0.05) is 0 Å². The summed E-state index contributed by atoms with van der Waals surface area (Å²) >= 11 is 3.79. The van der Waals surface area contributed by atoms with Gasteiger partial charge in [-0.2, -0.15) is 23.5 Å². The minimum atomic E-state index is 0.317. The van der Waals surface area contributed by atoms with Crippen LogP contribution in [0.1, 0.15) is 25.7 Å². The van der Waals surface area contributed by atoms with Gasteiger partial charge in [0.25, 0.3) is 0 Å². The van der Waals surface area contributed by atoms with Gasteiger partial charge in [0.05, 0.1) is 13.2 Å². The summed E-state index contributed by atoms with van der Waals surface area (Å²) in [5.41, 5.74) is 0. The molecule has 2 nitrogen and oxygen atoms in total. The standard InChI is InChI=1S/C12H24O2S2/c13-5-7-15-9-11-1-2-12(4-3-11)10-16-8-6-14/h11-14H,1-10H2. The normalized spacial score (nSPS) is 25.9. The molecule has 2 N–H and O–H groups in total. The average Bonchev–Trinajstić information content (AvgIpc) is 2.32. The lowest BCUT2D eigenvalue weighted by Crippen LogP contribution is -2.18. The van der Waals surface area contributed by atoms with E-state index in [4.69, 9.17) is 10.2 Å². The first-order valence-electron chi connectivity index (χ1n) is 6.24. The van der Waals surface area contributed by atoms with Crippen molar-refractivity contribution < 1.29 is 10.2 Å². The number of rotatable bonds is 8. The molecule has 0 heterocycles. The predicted molar refractivity (Wildman–Crippen MR) is 74.3 cm³/mol. The Hall–Kier alpha value is 0.620. The summed E-state index contributed by atoms with van der Waals surface area (Å²) in [6.45, 7) is 0.635. The Labute approximate surface area is 108 Å². The number of aliphatic hydroxyl groups excluding tert-OH is 2. The largest absolute Gasteiger partial charge is 0.396 e. The summed E-state index contributed by atoms with van der Waals surface area (Å²) in [4.78, 5) is 0. The molecule has 1 aliphatic carbocycles. The first-order chi connectivity index (χ1) is 7.86. The lowest BCUT2D eigenvalue weighted by molar-refractivity contribution is 0.311. The molecule has 1 aliphatic rings. The van der Waals surface area contributed by atoms with Crippen LogP contribution < -0.4 is 0 Å². The van der Waals surface area contributed by atoms with Crippen molar-refractivity contribution in [2.75, 3.05) is 36.2 Å². The van der Waals surface area contributed by atoms with Crippen molar-refractivity contribution in [1.82, 2.24) is 0 Å². The second-order valence-corrected chi connectivity index (χ2v) is 6.78. The van der Waals surface area contributed by atoms with Crippen molar-refractivity contribution in [2.45, 2.75) is 25.7 Å². The summed E-state index contributed by atoms with van der Waals surface area (Å²) in [5, 5.41) is 17.4. The number of thioether (sulfide) groups is 2. The van der Waals surface area contributed by atoms with Gasteiger partial charge in [0.15, 0.2) is 0 Å². The predicted octanol–water partition coefficient (Wildman–Crippen LogP) is 2.24. The highest BCUT2D eigenvalue weighted by Crippen LogP contribution is 2.32. The van der Waals surface area contributed by atoms with Gasteiger partial charge in [-0.15, -0.1) is 0 Å². The fourth-order valence-corrected chi connectivity index (χ4v) is 4.12. The Bertz CT molecular complexity index is 141. The van der Waals surface area contributed by atoms with E-state index in [1.54, 1.807) is 0 Å². The van der Waals surface area contributed by atoms with Crippen molar-refractivity contribution in [3.8, 4) is 0 Å². The SMILES string of the molecule is OCCSCC1CCC(CSCCO)CC1. The molecule has 0 amide bonds. The van der Waals surface area contributed by atoms with E-state index in [1.807, 2.05) is 23.5 Å². The number of hydrogen-bond donors (Lipinski definition) is 2. The Morgan fingerprint density at radius 2 is 1.12 bits per heavy atom. The molecule has 0 unspecified atom stereocenters. The molecule has 0 aromatic rings. The van der Waals surface area contributed by atoms with Crippen molar-refractivity contribution >= 4 is 23.5 Å². The van der Waals surface area contributed by atoms with Crippen LogP contribution in [0.4, 0.5) is 0 Å². The molecule has 0 aliphatic heterocycles. The molecule has 1 fully saturated rings. The van der Waals surface area contributed by atoms with Crippen LogP contribution in [0.3, 0.4) is 0 Å². The molecule has 0 atom stereocenters. The van der Waals surface area contributed by atoms with E-state index in [1.165, 1.54) is 37.2 Å². The molecular weight excluding hydrogens is 240 g/mol. The molecule has 0 saturated heterocycles. The maximum atomic E-state index is 8.71. The monoisotopic (exact) mass is 264 g/mol. The van der Waals surface area contributed by atoms with Gasteiger partial charge in [-0.3, -0.25) is 0 Å². The Morgan fingerprint density at radius 1 is 0.750 bits per heavy atom. The summed E-state index contributed by atoms with van der Waals surface area (Å²) in [6.07, 6.45) is 5.46. The molecule has 96 valence electrons. The highest BCUT2D eigenvalue weighted by Gasteiger charge is 2.20. The van der Waals surface area contributed by atoms with E-state index in [9.17, 15) is 0 Å². The molecule has 16 heavy (non-hydrogen) atoms. The fraction of sp³-hybridized carbons (Fsp3) is 1.00. The zero-order valence-electron chi connectivity index (χ0n) is 9.94. The fourth-order valence-electron chi connectivity index (χ4n) is 2.19. The van der Waals surface area contributed by atoms with Gasteiger partial charge in [-0.05, 0) is 49.0 Å². The summed E-state index contributed by atoms with van der Waals surface area (Å²) in [6, 6.07) is 0. The summed E-state index contributed by atoms with van der Waals surface area (Å²) in [5.74, 6) is 6.03. The van der Waals surface area contributed by atoms with Gasteiger partial charge in [0.1, 0.15) is 0 Å². The Balaban J connectivity index is 2.00. The third-order valence-electron chi connectivity index (χ3n) is 3.14. The quantitative estimate of drug-likeness (QED) is 0.660. The van der Waals surface area contributed by atoms with E-state index < -0.39 is 0 Å². The minimum absolute atomic E-state index is 0.317. The zero-order chi connectivity index (χ0) is 11.6. The van der Waals surface area contributed by atoms with Gasteiger partial charge in [0, 0.05) is 11.5 Å². The van der Waals surface area contributed by atoms with Crippen LogP contribution in [0.25, 0.3) is 0 Å². The molecule has 0 aromatic carbocycles. The molecule has 4 heteroatoms. The second-order valence-electron chi connectivity index (χ2n) is 4.48. The van der Waals surface area contributed by atoms with Crippen LogP contribution in [0.5, 0.6) is 0 Å². The van der Waals surface area contributed by atoms with E-state index in [-0.39, 0.29) is 0 Å². The van der Waals surface area contributed by atoms with Crippen LogP contribution in [0.15, 0.2) is 0 Å². The molecule has 0 radical (unpaired) electrons. The zero-order valence-corrected chi connectivity index (χ0v) is 11.6. The van der Waals surface area contributed by atoms with E-state index in [0.29, 0.717) is 13.2 Å². The number of hydrogen-bond acceptors (Lipinski definition) is 4. The Kier molecular flexibility index (Phi) is 8.84. The molecule has 0 aromatic heterocycles. The third kappa shape index (κ3) is 6.38. The highest BCUT2D eigenvalue weighted by atomic mass is 32.2. The van der Waals surface area contributed by atoms with Crippen LogP contribution in [0.2, 0.25) is 0 Å². The average molecular weight is 264 g/mol. The van der Waals surface area contributed by atoms with Crippen molar-refractivity contribution in [3.05, 3.63) is 0 Å². The lowest BCUT2D eigenvalue weighted by atomic mass is 9.84. The van der Waals surface area contributed by atoms with Gasteiger partial charge >= 0.3 is 0 Å². The third-order valence-corrected chi connectivity index (χ3v) is 5.50. The van der Waals surface area contributed by atoms with Crippen molar-refractivity contribution in [2.24, 2.45) is 11.8 Å². The molecule has 0 spiro atoms. The summed E-state index contributed by atoms with van der Waals surface area (Å²) < 4.78 is 0.